The van der Waals surface area contributed by atoms with Crippen molar-refractivity contribution in [1.29, 1.82) is 0 Å². The largest absolute Gasteiger partial charge is 0.394 e. The summed E-state index contributed by atoms with van der Waals surface area (Å²) in [6, 6.07) is 18.6. The molecular weight excluding hydrogens is 398 g/mol. The topological polar surface area (TPSA) is 117 Å². The number of aryl methyl sites for hydroxylation is 1. The molecule has 1 aliphatic heterocycles. The average Bonchev–Trinajstić information content (AvgIpc) is 3.15. The Labute approximate surface area is 177 Å². The second-order valence-corrected chi connectivity index (χ2v) is 7.47. The van der Waals surface area contributed by atoms with Crippen molar-refractivity contribution in [2.45, 2.75) is 31.8 Å². The summed E-state index contributed by atoms with van der Waals surface area (Å²) in [5.41, 5.74) is 1.48. The third-order valence-corrected chi connectivity index (χ3v) is 5.27. The van der Waals surface area contributed by atoms with Gasteiger partial charge in [0.2, 0.25) is 0 Å². The van der Waals surface area contributed by atoms with Crippen LogP contribution in [-0.4, -0.2) is 43.6 Å². The standard InChI is InChI=1S/C13H9N.C10H14N2O5/c1-3-7-12-10(5-1)9-11-6-2-4-8-13(11)14-12;1-5-3-12(10(16)11-9(5)15)8-2-6(14)7(4-13)17-8/h1-9H;3,6-8,13-14H,2,4H2,1H3,(H,11,15,16)/t;6-,7+,8+/m.0/s1. The molecule has 0 unspecified atom stereocenters. The highest BCUT2D eigenvalue weighted by Crippen LogP contribution is 2.27. The Bertz CT molecular complexity index is 1230. The predicted molar refractivity (Wildman–Crippen MR) is 117 cm³/mol. The van der Waals surface area contributed by atoms with Gasteiger partial charge in [-0.2, -0.15) is 0 Å². The number of aliphatic hydroxyl groups is 2. The van der Waals surface area contributed by atoms with Crippen molar-refractivity contribution in [3.05, 3.63) is 87.2 Å². The summed E-state index contributed by atoms with van der Waals surface area (Å²) < 4.78 is 6.54. The zero-order valence-corrected chi connectivity index (χ0v) is 16.9. The number of ether oxygens (including phenoxy) is 1. The monoisotopic (exact) mass is 421 g/mol. The highest BCUT2D eigenvalue weighted by molar-refractivity contribution is 5.92. The lowest BCUT2D eigenvalue weighted by Crippen LogP contribution is -2.33. The minimum atomic E-state index is -0.816. The first-order chi connectivity index (χ1) is 15.0. The van der Waals surface area contributed by atoms with Gasteiger partial charge in [-0.05, 0) is 25.1 Å². The van der Waals surface area contributed by atoms with Crippen molar-refractivity contribution in [1.82, 2.24) is 14.5 Å². The van der Waals surface area contributed by atoms with E-state index in [4.69, 9.17) is 9.84 Å². The fraction of sp³-hybridized carbons (Fsp3) is 0.261. The van der Waals surface area contributed by atoms with Crippen LogP contribution in [0.1, 0.15) is 18.2 Å². The Morgan fingerprint density at radius 3 is 2.29 bits per heavy atom. The molecule has 8 nitrogen and oxygen atoms in total. The van der Waals surface area contributed by atoms with Gasteiger partial charge in [0.25, 0.3) is 5.56 Å². The van der Waals surface area contributed by atoms with E-state index < -0.39 is 29.7 Å². The third kappa shape index (κ3) is 4.41. The molecule has 8 heteroatoms. The molecule has 3 atom stereocenters. The quantitative estimate of drug-likeness (QED) is 0.426. The highest BCUT2D eigenvalue weighted by atomic mass is 16.5. The maximum atomic E-state index is 11.6. The van der Waals surface area contributed by atoms with E-state index in [1.54, 1.807) is 6.92 Å². The first kappa shape index (κ1) is 20.9. The zero-order chi connectivity index (χ0) is 22.0. The molecule has 31 heavy (non-hydrogen) atoms. The van der Waals surface area contributed by atoms with Gasteiger partial charge in [-0.25, -0.2) is 9.78 Å². The summed E-state index contributed by atoms with van der Waals surface area (Å²) in [7, 11) is 0. The van der Waals surface area contributed by atoms with Crippen LogP contribution in [0.4, 0.5) is 0 Å². The summed E-state index contributed by atoms with van der Waals surface area (Å²) in [5, 5.41) is 20.9. The van der Waals surface area contributed by atoms with E-state index in [0.29, 0.717) is 5.56 Å². The van der Waals surface area contributed by atoms with Gasteiger partial charge in [-0.15, -0.1) is 0 Å². The summed E-state index contributed by atoms with van der Waals surface area (Å²) in [4.78, 5) is 29.5. The Morgan fingerprint density at radius 1 is 1.10 bits per heavy atom. The molecule has 1 aliphatic rings. The molecule has 3 heterocycles. The molecule has 1 fully saturated rings. The summed E-state index contributed by atoms with van der Waals surface area (Å²) in [5.74, 6) is 0. The Balaban J connectivity index is 0.000000151. The van der Waals surface area contributed by atoms with Gasteiger partial charge in [0.15, 0.2) is 0 Å². The van der Waals surface area contributed by atoms with Crippen LogP contribution in [0.2, 0.25) is 0 Å². The van der Waals surface area contributed by atoms with E-state index in [1.165, 1.54) is 21.5 Å². The van der Waals surface area contributed by atoms with Crippen molar-refractivity contribution in [2.75, 3.05) is 6.61 Å². The molecule has 5 rings (SSSR count). The second-order valence-electron chi connectivity index (χ2n) is 7.47. The van der Waals surface area contributed by atoms with Crippen molar-refractivity contribution in [3.8, 4) is 0 Å². The second kappa shape index (κ2) is 8.81. The molecule has 160 valence electrons. The van der Waals surface area contributed by atoms with Gasteiger partial charge >= 0.3 is 5.69 Å². The molecule has 0 aliphatic carbocycles. The molecule has 0 radical (unpaired) electrons. The highest BCUT2D eigenvalue weighted by Gasteiger charge is 2.34. The van der Waals surface area contributed by atoms with Crippen LogP contribution in [0.25, 0.3) is 21.8 Å². The summed E-state index contributed by atoms with van der Waals surface area (Å²) >= 11 is 0. The minimum Gasteiger partial charge on any atom is -0.394 e. The first-order valence-corrected chi connectivity index (χ1v) is 9.97. The van der Waals surface area contributed by atoms with E-state index in [9.17, 15) is 14.7 Å². The van der Waals surface area contributed by atoms with Crippen LogP contribution in [0.15, 0.2) is 70.4 Å². The van der Waals surface area contributed by atoms with Crippen molar-refractivity contribution in [2.24, 2.45) is 0 Å². The molecule has 2 aromatic heterocycles. The number of nitrogens with zero attached hydrogens (tertiary/aromatic N) is 2. The molecule has 0 amide bonds. The van der Waals surface area contributed by atoms with Crippen LogP contribution in [0, 0.1) is 6.92 Å². The lowest BCUT2D eigenvalue weighted by molar-refractivity contribution is -0.0459. The Hall–Kier alpha value is -3.33. The number of hydrogen-bond acceptors (Lipinski definition) is 6. The predicted octanol–water partition coefficient (Wildman–Crippen LogP) is 1.87. The molecule has 0 saturated carbocycles. The molecule has 4 aromatic rings. The van der Waals surface area contributed by atoms with Gasteiger partial charge < -0.3 is 14.9 Å². The third-order valence-electron chi connectivity index (χ3n) is 5.27. The van der Waals surface area contributed by atoms with E-state index in [0.717, 1.165) is 11.0 Å². The fourth-order valence-electron chi connectivity index (χ4n) is 3.57. The number of hydrogen-bond donors (Lipinski definition) is 3. The SMILES string of the molecule is Cc1cn([C@H]2C[C@H](O)[C@@H](CO)O2)c(=O)[nH]c1=O.c1ccc2nc3ccccc3cc2c1. The number of H-pyrrole nitrogens is 1. The number of aliphatic hydroxyl groups excluding tert-OH is 2. The zero-order valence-electron chi connectivity index (χ0n) is 16.9. The molecule has 0 bridgehead atoms. The number of nitrogens with one attached hydrogen (secondary N) is 1. The lowest BCUT2D eigenvalue weighted by Gasteiger charge is -2.14. The van der Waals surface area contributed by atoms with E-state index in [2.05, 4.69) is 28.2 Å². The molecular formula is C23H23N3O5. The van der Waals surface area contributed by atoms with Crippen molar-refractivity contribution < 1.29 is 14.9 Å². The number of aromatic nitrogens is 3. The van der Waals surface area contributed by atoms with Crippen LogP contribution >= 0.6 is 0 Å². The Kier molecular flexibility index (Phi) is 5.94. The number of para-hydroxylation sites is 2. The fourth-order valence-corrected chi connectivity index (χ4v) is 3.57. The maximum Gasteiger partial charge on any atom is 0.330 e. The molecule has 1 saturated heterocycles. The number of pyridine rings is 1. The van der Waals surface area contributed by atoms with Crippen LogP contribution in [0.3, 0.4) is 0 Å². The van der Waals surface area contributed by atoms with Crippen molar-refractivity contribution in [3.63, 3.8) is 0 Å². The first-order valence-electron chi connectivity index (χ1n) is 9.97. The molecule has 0 spiro atoms. The van der Waals surface area contributed by atoms with E-state index >= 15 is 0 Å². The number of benzene rings is 2. The average molecular weight is 421 g/mol. The smallest absolute Gasteiger partial charge is 0.330 e. The van der Waals surface area contributed by atoms with Gasteiger partial charge in [0.1, 0.15) is 12.3 Å². The number of fused-ring (bicyclic) bond motifs is 2. The number of aromatic amines is 1. The maximum absolute atomic E-state index is 11.6. The summed E-state index contributed by atoms with van der Waals surface area (Å²) in [6.45, 7) is 1.26. The van der Waals surface area contributed by atoms with Gasteiger partial charge in [-0.1, -0.05) is 36.4 Å². The van der Waals surface area contributed by atoms with Gasteiger partial charge in [0, 0.05) is 29.0 Å². The lowest BCUT2D eigenvalue weighted by atomic mass is 10.1. The Morgan fingerprint density at radius 2 is 1.71 bits per heavy atom. The number of rotatable bonds is 2. The summed E-state index contributed by atoms with van der Waals surface area (Å²) in [6.07, 6.45) is -0.581. The van der Waals surface area contributed by atoms with Gasteiger partial charge in [-0.3, -0.25) is 14.3 Å². The van der Waals surface area contributed by atoms with Crippen LogP contribution < -0.4 is 11.2 Å². The van der Waals surface area contributed by atoms with Crippen LogP contribution in [-0.2, 0) is 4.74 Å². The van der Waals surface area contributed by atoms with E-state index in [-0.39, 0.29) is 13.0 Å². The van der Waals surface area contributed by atoms with E-state index in [1.807, 2.05) is 36.4 Å². The van der Waals surface area contributed by atoms with Crippen molar-refractivity contribution >= 4 is 21.8 Å². The molecule has 2 aromatic carbocycles. The molecule has 3 N–H and O–H groups in total. The van der Waals surface area contributed by atoms with Crippen LogP contribution in [0.5, 0.6) is 0 Å². The van der Waals surface area contributed by atoms with Gasteiger partial charge in [0.05, 0.1) is 23.7 Å². The minimum absolute atomic E-state index is 0.205. The normalized spacial score (nSPS) is 20.5.